The minimum Gasteiger partial charge on any atom is -0.347 e. The van der Waals surface area contributed by atoms with E-state index in [4.69, 9.17) is 39.8 Å². The van der Waals surface area contributed by atoms with E-state index in [0.29, 0.717) is 28.1 Å². The summed E-state index contributed by atoms with van der Waals surface area (Å²) in [5, 5.41) is 4.02. The highest BCUT2D eigenvalue weighted by atomic mass is 35.5. The van der Waals surface area contributed by atoms with Crippen LogP contribution >= 0.6 is 34.8 Å². The maximum Gasteiger partial charge on any atom is 0.287 e. The third kappa shape index (κ3) is 4.98. The van der Waals surface area contributed by atoms with Crippen molar-refractivity contribution in [3.05, 3.63) is 70.1 Å². The van der Waals surface area contributed by atoms with E-state index < -0.39 is 5.38 Å². The van der Waals surface area contributed by atoms with Crippen LogP contribution in [0.15, 0.2) is 53.6 Å². The van der Waals surface area contributed by atoms with E-state index in [1.165, 1.54) is 6.42 Å². The molecule has 1 atom stereocenters. The molecule has 1 amide bonds. The number of nitrogens with one attached hydrogen (secondary N) is 1. The van der Waals surface area contributed by atoms with Crippen molar-refractivity contribution < 1.29 is 4.79 Å². The van der Waals surface area contributed by atoms with Gasteiger partial charge in [-0.05, 0) is 49.6 Å². The zero-order valence-electron chi connectivity index (χ0n) is 18.0. The molecule has 0 bridgehead atoms. The van der Waals surface area contributed by atoms with Gasteiger partial charge in [0.1, 0.15) is 0 Å². The zero-order chi connectivity index (χ0) is 22.7. The Kier molecular flexibility index (Phi) is 7.44. The van der Waals surface area contributed by atoms with Crippen LogP contribution in [-0.2, 0) is 6.54 Å². The molecular formula is C25H26Cl3N3O. The summed E-state index contributed by atoms with van der Waals surface area (Å²) >= 11 is 19.1. The van der Waals surface area contributed by atoms with Crippen LogP contribution in [0.5, 0.6) is 0 Å². The van der Waals surface area contributed by atoms with Crippen molar-refractivity contribution in [1.82, 2.24) is 14.9 Å². The van der Waals surface area contributed by atoms with E-state index in [1.807, 2.05) is 54.0 Å². The molecule has 1 aromatic heterocycles. The zero-order valence-corrected chi connectivity index (χ0v) is 20.2. The molecule has 2 aromatic rings. The van der Waals surface area contributed by atoms with Gasteiger partial charge in [-0.3, -0.25) is 4.79 Å². The number of benzene rings is 1. The second-order valence-corrected chi connectivity index (χ2v) is 9.47. The molecule has 32 heavy (non-hydrogen) atoms. The molecule has 4 rings (SSSR count). The lowest BCUT2D eigenvalue weighted by Gasteiger charge is -2.22. The standard InChI is InChI=1S/C25H26Cl3N3O/c1-2-31-23(20-14-12-18(27)13-15-21(20)28)22(16-8-10-17(26)11-9-16)30-24(31)25(32)29-19-6-4-3-5-7-19/h8-15,19,21H,2-7H2,1H3,(H,29,32). The van der Waals surface area contributed by atoms with Gasteiger partial charge in [0.2, 0.25) is 0 Å². The lowest BCUT2D eigenvalue weighted by molar-refractivity contribution is 0.0913. The smallest absolute Gasteiger partial charge is 0.287 e. The van der Waals surface area contributed by atoms with Crippen LogP contribution < -0.4 is 5.32 Å². The lowest BCUT2D eigenvalue weighted by Crippen LogP contribution is -2.37. The quantitative estimate of drug-likeness (QED) is 0.460. The summed E-state index contributed by atoms with van der Waals surface area (Å²) in [6.07, 6.45) is 12.9. The minimum atomic E-state index is -0.412. The van der Waals surface area contributed by atoms with Gasteiger partial charge in [-0.15, -0.1) is 11.6 Å². The fourth-order valence-electron chi connectivity index (χ4n) is 4.34. The van der Waals surface area contributed by atoms with Gasteiger partial charge in [-0.1, -0.05) is 66.7 Å². The van der Waals surface area contributed by atoms with E-state index in [9.17, 15) is 4.79 Å². The molecule has 1 fully saturated rings. The number of carbonyl (C=O) groups is 1. The Morgan fingerprint density at radius 2 is 1.84 bits per heavy atom. The second kappa shape index (κ2) is 10.3. The number of amides is 1. The average molecular weight is 491 g/mol. The van der Waals surface area contributed by atoms with E-state index in [0.717, 1.165) is 42.5 Å². The number of hydrogen-bond acceptors (Lipinski definition) is 2. The SMILES string of the molecule is CCn1c(C(=O)NC2CCCCC2)nc(-c2ccc(Cl)cc2)c1C1=CC=C(Cl)C=CC1Cl. The number of carbonyl (C=O) groups excluding carboxylic acids is 1. The molecule has 0 aliphatic heterocycles. The number of halogens is 3. The molecule has 1 saturated carbocycles. The van der Waals surface area contributed by atoms with Gasteiger partial charge in [0, 0.05) is 28.2 Å². The summed E-state index contributed by atoms with van der Waals surface area (Å²) in [6, 6.07) is 7.67. The van der Waals surface area contributed by atoms with Gasteiger partial charge in [0.15, 0.2) is 5.82 Å². The average Bonchev–Trinajstić information content (AvgIpc) is 3.10. The Morgan fingerprint density at radius 3 is 2.53 bits per heavy atom. The van der Waals surface area contributed by atoms with Crippen molar-refractivity contribution in [3.63, 3.8) is 0 Å². The van der Waals surface area contributed by atoms with E-state index >= 15 is 0 Å². The fraction of sp³-hybridized carbons (Fsp3) is 0.360. The van der Waals surface area contributed by atoms with Gasteiger partial charge in [0.25, 0.3) is 5.91 Å². The molecule has 0 spiro atoms. The molecule has 0 radical (unpaired) electrons. The first-order valence-corrected chi connectivity index (χ1v) is 12.2. The maximum atomic E-state index is 13.3. The van der Waals surface area contributed by atoms with Gasteiger partial charge in [-0.25, -0.2) is 4.98 Å². The maximum absolute atomic E-state index is 13.3. The number of hydrogen-bond donors (Lipinski definition) is 1. The second-order valence-electron chi connectivity index (χ2n) is 8.13. The van der Waals surface area contributed by atoms with Crippen LogP contribution in [-0.4, -0.2) is 26.9 Å². The third-order valence-electron chi connectivity index (χ3n) is 5.96. The number of rotatable bonds is 5. The molecule has 1 N–H and O–H groups in total. The summed E-state index contributed by atoms with van der Waals surface area (Å²) in [7, 11) is 0. The van der Waals surface area contributed by atoms with Gasteiger partial charge in [0.05, 0.1) is 16.8 Å². The molecule has 0 saturated heterocycles. The van der Waals surface area contributed by atoms with Crippen molar-refractivity contribution in [3.8, 4) is 11.3 Å². The van der Waals surface area contributed by atoms with Crippen molar-refractivity contribution in [2.75, 3.05) is 0 Å². The molecule has 7 heteroatoms. The Balaban J connectivity index is 1.83. The van der Waals surface area contributed by atoms with Crippen molar-refractivity contribution >= 4 is 46.3 Å². The number of nitrogens with zero attached hydrogens (tertiary/aromatic N) is 2. The Labute approximate surface area is 204 Å². The van der Waals surface area contributed by atoms with E-state index in [2.05, 4.69) is 5.32 Å². The van der Waals surface area contributed by atoms with Crippen LogP contribution in [0.3, 0.4) is 0 Å². The van der Waals surface area contributed by atoms with Crippen LogP contribution in [0.1, 0.15) is 55.3 Å². The van der Waals surface area contributed by atoms with E-state index in [-0.39, 0.29) is 11.9 Å². The van der Waals surface area contributed by atoms with Crippen molar-refractivity contribution in [1.29, 1.82) is 0 Å². The van der Waals surface area contributed by atoms with Crippen molar-refractivity contribution in [2.24, 2.45) is 0 Å². The summed E-state index contributed by atoms with van der Waals surface area (Å²) in [5.41, 5.74) is 3.23. The molecule has 1 aromatic carbocycles. The molecule has 1 unspecified atom stereocenters. The Morgan fingerprint density at radius 1 is 1.12 bits per heavy atom. The molecule has 2 aliphatic rings. The van der Waals surface area contributed by atoms with Crippen molar-refractivity contribution in [2.45, 2.75) is 57.0 Å². The summed E-state index contributed by atoms with van der Waals surface area (Å²) in [4.78, 5) is 18.1. The first-order valence-electron chi connectivity index (χ1n) is 11.0. The normalized spacial score (nSPS) is 19.3. The summed E-state index contributed by atoms with van der Waals surface area (Å²) in [6.45, 7) is 2.58. The van der Waals surface area contributed by atoms with Crippen LogP contribution in [0.25, 0.3) is 16.8 Å². The molecule has 4 nitrogen and oxygen atoms in total. The lowest BCUT2D eigenvalue weighted by atomic mass is 9.95. The Hall–Kier alpha value is -2.01. The first kappa shape index (κ1) is 23.2. The van der Waals surface area contributed by atoms with Crippen LogP contribution in [0.2, 0.25) is 5.02 Å². The van der Waals surface area contributed by atoms with Crippen LogP contribution in [0, 0.1) is 0 Å². The Bertz CT molecular complexity index is 1080. The predicted molar refractivity (Wildman–Crippen MR) is 133 cm³/mol. The predicted octanol–water partition coefficient (Wildman–Crippen LogP) is 6.97. The van der Waals surface area contributed by atoms with E-state index in [1.54, 1.807) is 6.08 Å². The molecular weight excluding hydrogens is 465 g/mol. The monoisotopic (exact) mass is 489 g/mol. The van der Waals surface area contributed by atoms with Crippen LogP contribution in [0.4, 0.5) is 0 Å². The largest absolute Gasteiger partial charge is 0.347 e. The fourth-order valence-corrected chi connectivity index (χ4v) is 4.85. The number of imidazole rings is 1. The third-order valence-corrected chi connectivity index (χ3v) is 6.85. The highest BCUT2D eigenvalue weighted by Crippen LogP contribution is 2.36. The first-order chi connectivity index (χ1) is 15.5. The van der Waals surface area contributed by atoms with Gasteiger partial charge in [-0.2, -0.15) is 0 Å². The topological polar surface area (TPSA) is 46.9 Å². The number of allylic oxidation sites excluding steroid dienone is 6. The molecule has 1 heterocycles. The molecule has 2 aliphatic carbocycles. The summed E-state index contributed by atoms with van der Waals surface area (Å²) in [5.74, 6) is 0.246. The highest BCUT2D eigenvalue weighted by Gasteiger charge is 2.28. The number of alkyl halides is 1. The summed E-state index contributed by atoms with van der Waals surface area (Å²) < 4.78 is 1.95. The van der Waals surface area contributed by atoms with Gasteiger partial charge < -0.3 is 9.88 Å². The number of aromatic nitrogens is 2. The molecule has 168 valence electrons. The minimum absolute atomic E-state index is 0.148. The van der Waals surface area contributed by atoms with Gasteiger partial charge >= 0.3 is 0 Å². The highest BCUT2D eigenvalue weighted by molar-refractivity contribution is 6.32.